The van der Waals surface area contributed by atoms with Crippen LogP contribution in [0.1, 0.15) is 13.3 Å². The van der Waals surface area contributed by atoms with Gasteiger partial charge in [0.15, 0.2) is 5.75 Å². The van der Waals surface area contributed by atoms with Crippen molar-refractivity contribution < 1.29 is 9.66 Å². The molecule has 0 spiro atoms. The Morgan fingerprint density at radius 2 is 2.33 bits per heavy atom. The summed E-state index contributed by atoms with van der Waals surface area (Å²) in [6.07, 6.45) is 4.07. The van der Waals surface area contributed by atoms with E-state index in [0.29, 0.717) is 18.0 Å². The molecule has 0 saturated carbocycles. The van der Waals surface area contributed by atoms with E-state index in [4.69, 9.17) is 4.74 Å². The average Bonchev–Trinajstić information content (AvgIpc) is 2.90. The number of aromatic amines is 1. The zero-order chi connectivity index (χ0) is 13.0. The Kier molecular flexibility index (Phi) is 3.57. The topological polar surface area (TPSA) is 81.0 Å². The van der Waals surface area contributed by atoms with E-state index in [0.717, 1.165) is 6.42 Å². The number of aromatic nitrogens is 2. The fourth-order valence-corrected chi connectivity index (χ4v) is 1.56. The van der Waals surface area contributed by atoms with Gasteiger partial charge in [-0.1, -0.05) is 6.92 Å². The minimum absolute atomic E-state index is 0.0441. The molecular weight excluding hydrogens is 234 g/mol. The number of ether oxygens (including phenoxy) is 1. The standard InChI is InChI=1S/C12H13N3O3/c1-2-7-18-11-4-3-9(8-10(11)15(16)17)12-13-5-6-14-12/h3-6,8H,2,7H2,1H3,(H,13,14). The van der Waals surface area contributed by atoms with Crippen LogP contribution in [0.25, 0.3) is 11.4 Å². The third-order valence-electron chi connectivity index (χ3n) is 2.39. The fraction of sp³-hybridized carbons (Fsp3) is 0.250. The minimum atomic E-state index is -0.447. The monoisotopic (exact) mass is 247 g/mol. The van der Waals surface area contributed by atoms with Crippen LogP contribution in [-0.2, 0) is 0 Å². The maximum atomic E-state index is 11.0. The Bertz CT molecular complexity index is 538. The Hall–Kier alpha value is -2.37. The van der Waals surface area contributed by atoms with Gasteiger partial charge in [-0.05, 0) is 18.6 Å². The average molecular weight is 247 g/mol. The van der Waals surface area contributed by atoms with Gasteiger partial charge in [-0.15, -0.1) is 0 Å². The van der Waals surface area contributed by atoms with Gasteiger partial charge in [0.1, 0.15) is 5.82 Å². The summed E-state index contributed by atoms with van der Waals surface area (Å²) >= 11 is 0. The van der Waals surface area contributed by atoms with Crippen molar-refractivity contribution in [1.82, 2.24) is 9.97 Å². The van der Waals surface area contributed by atoms with Crippen molar-refractivity contribution in [3.63, 3.8) is 0 Å². The zero-order valence-corrected chi connectivity index (χ0v) is 9.92. The number of imidazole rings is 1. The lowest BCUT2D eigenvalue weighted by Gasteiger charge is -2.06. The molecule has 0 unspecified atom stereocenters. The molecule has 94 valence electrons. The first-order chi connectivity index (χ1) is 8.72. The maximum Gasteiger partial charge on any atom is 0.311 e. The molecule has 0 radical (unpaired) electrons. The molecule has 1 aromatic carbocycles. The van der Waals surface area contributed by atoms with Crippen molar-refractivity contribution in [3.8, 4) is 17.1 Å². The van der Waals surface area contributed by atoms with Gasteiger partial charge in [-0.2, -0.15) is 0 Å². The summed E-state index contributed by atoms with van der Waals surface area (Å²) in [5, 5.41) is 11.0. The van der Waals surface area contributed by atoms with Crippen molar-refractivity contribution in [2.24, 2.45) is 0 Å². The molecule has 0 aliphatic rings. The first-order valence-corrected chi connectivity index (χ1v) is 5.63. The van der Waals surface area contributed by atoms with Gasteiger partial charge in [0.05, 0.1) is 11.5 Å². The Balaban J connectivity index is 2.37. The number of benzene rings is 1. The molecule has 0 bridgehead atoms. The molecule has 0 atom stereocenters. The Labute approximate surface area is 104 Å². The maximum absolute atomic E-state index is 11.0. The summed E-state index contributed by atoms with van der Waals surface area (Å²) in [5.41, 5.74) is 0.618. The molecule has 0 aliphatic heterocycles. The highest BCUT2D eigenvalue weighted by Crippen LogP contribution is 2.31. The molecule has 0 amide bonds. The van der Waals surface area contributed by atoms with Gasteiger partial charge in [0.2, 0.25) is 0 Å². The van der Waals surface area contributed by atoms with Gasteiger partial charge in [-0.25, -0.2) is 4.98 Å². The van der Waals surface area contributed by atoms with E-state index in [1.165, 1.54) is 6.07 Å². The highest BCUT2D eigenvalue weighted by atomic mass is 16.6. The first kappa shape index (κ1) is 12.1. The lowest BCUT2D eigenvalue weighted by atomic mass is 10.2. The fourth-order valence-electron chi connectivity index (χ4n) is 1.56. The van der Waals surface area contributed by atoms with E-state index in [1.54, 1.807) is 24.5 Å². The molecule has 0 saturated heterocycles. The van der Waals surface area contributed by atoms with E-state index in [1.807, 2.05) is 6.92 Å². The summed E-state index contributed by atoms with van der Waals surface area (Å²) in [5.74, 6) is 0.886. The van der Waals surface area contributed by atoms with Crippen LogP contribution in [0.5, 0.6) is 5.75 Å². The second kappa shape index (κ2) is 5.31. The van der Waals surface area contributed by atoms with Crippen molar-refractivity contribution in [3.05, 3.63) is 40.7 Å². The van der Waals surface area contributed by atoms with Crippen molar-refractivity contribution in [2.45, 2.75) is 13.3 Å². The van der Waals surface area contributed by atoms with Crippen molar-refractivity contribution >= 4 is 5.69 Å². The zero-order valence-electron chi connectivity index (χ0n) is 9.92. The van der Waals surface area contributed by atoms with Crippen molar-refractivity contribution in [2.75, 3.05) is 6.61 Å². The molecule has 6 heteroatoms. The second-order valence-electron chi connectivity index (χ2n) is 3.73. The van der Waals surface area contributed by atoms with Crippen LogP contribution >= 0.6 is 0 Å². The van der Waals surface area contributed by atoms with E-state index in [2.05, 4.69) is 9.97 Å². The number of nitrogens with zero attached hydrogens (tertiary/aromatic N) is 2. The number of H-pyrrole nitrogens is 1. The number of hydrogen-bond acceptors (Lipinski definition) is 4. The van der Waals surface area contributed by atoms with Gasteiger partial charge >= 0.3 is 5.69 Å². The lowest BCUT2D eigenvalue weighted by Crippen LogP contribution is -1.99. The minimum Gasteiger partial charge on any atom is -0.487 e. The molecule has 0 fully saturated rings. The van der Waals surface area contributed by atoms with Gasteiger partial charge < -0.3 is 9.72 Å². The molecule has 1 N–H and O–H groups in total. The number of nitro benzene ring substituents is 1. The van der Waals surface area contributed by atoms with E-state index < -0.39 is 4.92 Å². The third-order valence-corrected chi connectivity index (χ3v) is 2.39. The highest BCUT2D eigenvalue weighted by Gasteiger charge is 2.17. The molecule has 1 heterocycles. The van der Waals surface area contributed by atoms with Crippen LogP contribution in [-0.4, -0.2) is 21.5 Å². The predicted molar refractivity (Wildman–Crippen MR) is 66.5 cm³/mol. The molecule has 2 rings (SSSR count). The van der Waals surface area contributed by atoms with Crippen molar-refractivity contribution in [1.29, 1.82) is 0 Å². The Morgan fingerprint density at radius 3 is 2.94 bits per heavy atom. The largest absolute Gasteiger partial charge is 0.487 e. The lowest BCUT2D eigenvalue weighted by molar-refractivity contribution is -0.385. The quantitative estimate of drug-likeness (QED) is 0.650. The molecular formula is C12H13N3O3. The van der Waals surface area contributed by atoms with Crippen LogP contribution in [0.4, 0.5) is 5.69 Å². The van der Waals surface area contributed by atoms with Gasteiger partial charge in [-0.3, -0.25) is 10.1 Å². The summed E-state index contributed by atoms with van der Waals surface area (Å²) in [6.45, 7) is 2.41. The summed E-state index contributed by atoms with van der Waals surface area (Å²) < 4.78 is 5.35. The van der Waals surface area contributed by atoms with E-state index in [-0.39, 0.29) is 11.4 Å². The van der Waals surface area contributed by atoms with Gasteiger partial charge in [0, 0.05) is 24.0 Å². The number of nitrogens with one attached hydrogen (secondary N) is 1. The third kappa shape index (κ3) is 2.48. The second-order valence-corrected chi connectivity index (χ2v) is 3.73. The normalized spacial score (nSPS) is 10.3. The molecule has 1 aromatic heterocycles. The van der Waals surface area contributed by atoms with Crippen LogP contribution in [0.15, 0.2) is 30.6 Å². The summed E-state index contributed by atoms with van der Waals surface area (Å²) in [4.78, 5) is 17.5. The van der Waals surface area contributed by atoms with E-state index in [9.17, 15) is 10.1 Å². The smallest absolute Gasteiger partial charge is 0.311 e. The SMILES string of the molecule is CCCOc1ccc(-c2ncc[nH]2)cc1[N+](=O)[O-]. The summed E-state index contributed by atoms with van der Waals surface area (Å²) in [6, 6.07) is 4.81. The Morgan fingerprint density at radius 1 is 1.50 bits per heavy atom. The summed E-state index contributed by atoms with van der Waals surface area (Å²) in [7, 11) is 0. The first-order valence-electron chi connectivity index (χ1n) is 5.63. The van der Waals surface area contributed by atoms with Crippen LogP contribution in [0, 0.1) is 10.1 Å². The predicted octanol–water partition coefficient (Wildman–Crippen LogP) is 2.77. The van der Waals surface area contributed by atoms with E-state index >= 15 is 0 Å². The van der Waals surface area contributed by atoms with Crippen LogP contribution < -0.4 is 4.74 Å². The molecule has 18 heavy (non-hydrogen) atoms. The molecule has 2 aromatic rings. The van der Waals surface area contributed by atoms with Crippen LogP contribution in [0.3, 0.4) is 0 Å². The van der Waals surface area contributed by atoms with Crippen LogP contribution in [0.2, 0.25) is 0 Å². The molecule has 6 nitrogen and oxygen atoms in total. The number of nitro groups is 1. The highest BCUT2D eigenvalue weighted by molar-refractivity contribution is 5.63. The number of rotatable bonds is 5. The van der Waals surface area contributed by atoms with Gasteiger partial charge in [0.25, 0.3) is 0 Å². The number of hydrogen-bond donors (Lipinski definition) is 1. The molecule has 0 aliphatic carbocycles.